The molecule has 2 N–H and O–H groups in total. The third kappa shape index (κ3) is 3.91. The second-order valence-electron chi connectivity index (χ2n) is 5.43. The van der Waals surface area contributed by atoms with Crippen molar-refractivity contribution in [1.82, 2.24) is 10.6 Å². The zero-order valence-electron chi connectivity index (χ0n) is 11.3. The molecule has 2 rings (SSSR count). The van der Waals surface area contributed by atoms with Crippen molar-refractivity contribution < 1.29 is 9.53 Å². The van der Waals surface area contributed by atoms with E-state index in [0.717, 1.165) is 27.7 Å². The SMILES string of the molecule is CC(C)(C)OC(=O)NCc1cc2c(s1)C(=S)NCC2. The highest BCUT2D eigenvalue weighted by molar-refractivity contribution is 7.81. The van der Waals surface area contributed by atoms with Crippen LogP contribution in [0.15, 0.2) is 6.07 Å². The van der Waals surface area contributed by atoms with Gasteiger partial charge in [0.15, 0.2) is 0 Å². The van der Waals surface area contributed by atoms with Crippen molar-refractivity contribution in [2.45, 2.75) is 39.3 Å². The summed E-state index contributed by atoms with van der Waals surface area (Å²) in [6.45, 7) is 6.91. The molecule has 0 aromatic carbocycles. The third-order valence-electron chi connectivity index (χ3n) is 2.55. The van der Waals surface area contributed by atoms with Crippen LogP contribution in [-0.2, 0) is 17.7 Å². The number of nitrogens with one attached hydrogen (secondary N) is 2. The average molecular weight is 298 g/mol. The number of rotatable bonds is 2. The normalized spacial score (nSPS) is 14.6. The fourth-order valence-corrected chi connectivity index (χ4v) is 3.24. The molecule has 1 aliphatic heterocycles. The van der Waals surface area contributed by atoms with Gasteiger partial charge in [0.05, 0.1) is 11.4 Å². The Labute approximate surface area is 122 Å². The first-order chi connectivity index (χ1) is 8.85. The predicted octanol–water partition coefficient (Wildman–Crippen LogP) is 2.59. The highest BCUT2D eigenvalue weighted by Gasteiger charge is 2.19. The minimum atomic E-state index is -0.468. The zero-order valence-corrected chi connectivity index (χ0v) is 13.0. The molecule has 1 aliphatic rings. The first-order valence-electron chi connectivity index (χ1n) is 6.22. The molecule has 0 unspecified atom stereocenters. The van der Waals surface area contributed by atoms with Crippen molar-refractivity contribution in [3.8, 4) is 0 Å². The van der Waals surface area contributed by atoms with E-state index < -0.39 is 5.60 Å². The molecule has 0 bridgehead atoms. The van der Waals surface area contributed by atoms with Gasteiger partial charge in [-0.1, -0.05) is 12.2 Å². The fourth-order valence-electron chi connectivity index (χ4n) is 1.82. The number of thiocarbonyl (C=S) groups is 1. The average Bonchev–Trinajstić information content (AvgIpc) is 2.68. The van der Waals surface area contributed by atoms with Crippen LogP contribution >= 0.6 is 23.6 Å². The monoisotopic (exact) mass is 298 g/mol. The molecule has 6 heteroatoms. The van der Waals surface area contributed by atoms with E-state index in [2.05, 4.69) is 16.7 Å². The Morgan fingerprint density at radius 1 is 1.58 bits per heavy atom. The molecule has 104 valence electrons. The van der Waals surface area contributed by atoms with Gasteiger partial charge in [-0.05, 0) is 38.8 Å². The van der Waals surface area contributed by atoms with E-state index >= 15 is 0 Å². The number of amides is 1. The summed E-state index contributed by atoms with van der Waals surface area (Å²) in [6.07, 6.45) is 0.595. The van der Waals surface area contributed by atoms with Crippen LogP contribution in [0.3, 0.4) is 0 Å². The van der Waals surface area contributed by atoms with E-state index in [0.29, 0.717) is 6.54 Å². The second kappa shape index (κ2) is 5.46. The number of fused-ring (bicyclic) bond motifs is 1. The number of carbonyl (C=O) groups excluding carboxylic acids is 1. The summed E-state index contributed by atoms with van der Waals surface area (Å²) in [5, 5.41) is 5.94. The summed E-state index contributed by atoms with van der Waals surface area (Å²) < 4.78 is 5.20. The second-order valence-corrected chi connectivity index (χ2v) is 6.97. The van der Waals surface area contributed by atoms with E-state index in [1.165, 1.54) is 5.56 Å². The van der Waals surface area contributed by atoms with Gasteiger partial charge in [-0.25, -0.2) is 4.79 Å². The lowest BCUT2D eigenvalue weighted by Crippen LogP contribution is -2.31. The Morgan fingerprint density at radius 3 is 2.95 bits per heavy atom. The van der Waals surface area contributed by atoms with Gasteiger partial charge in [-0.2, -0.15) is 0 Å². The molecule has 4 nitrogen and oxygen atoms in total. The Morgan fingerprint density at radius 2 is 2.32 bits per heavy atom. The van der Waals surface area contributed by atoms with E-state index in [4.69, 9.17) is 17.0 Å². The number of ether oxygens (including phenoxy) is 1. The number of hydrogen-bond acceptors (Lipinski definition) is 4. The standard InChI is InChI=1S/C13H18N2O2S2/c1-13(2,3)17-12(16)15-7-9-6-8-4-5-14-11(18)10(8)19-9/h6H,4-5,7H2,1-3H3,(H,14,18)(H,15,16). The van der Waals surface area contributed by atoms with Gasteiger partial charge in [0, 0.05) is 11.4 Å². The van der Waals surface area contributed by atoms with Gasteiger partial charge >= 0.3 is 6.09 Å². The van der Waals surface area contributed by atoms with Crippen molar-refractivity contribution in [2.24, 2.45) is 0 Å². The molecule has 0 radical (unpaired) electrons. The Bertz CT molecular complexity index is 503. The van der Waals surface area contributed by atoms with Crippen LogP contribution in [0, 0.1) is 0 Å². The van der Waals surface area contributed by atoms with E-state index in [-0.39, 0.29) is 6.09 Å². The first-order valence-corrected chi connectivity index (χ1v) is 7.44. The minimum Gasteiger partial charge on any atom is -0.444 e. The summed E-state index contributed by atoms with van der Waals surface area (Å²) in [5.74, 6) is 0. The van der Waals surface area contributed by atoms with Crippen molar-refractivity contribution in [1.29, 1.82) is 0 Å². The van der Waals surface area contributed by atoms with Crippen LogP contribution in [0.25, 0.3) is 0 Å². The molecular formula is C13H18N2O2S2. The van der Waals surface area contributed by atoms with Gasteiger partial charge < -0.3 is 15.4 Å². The van der Waals surface area contributed by atoms with E-state index in [9.17, 15) is 4.79 Å². The Balaban J connectivity index is 1.94. The predicted molar refractivity (Wildman–Crippen MR) is 80.8 cm³/mol. The summed E-state index contributed by atoms with van der Waals surface area (Å²) in [4.78, 5) is 14.6. The number of hydrogen-bond donors (Lipinski definition) is 2. The number of alkyl carbamates (subject to hydrolysis) is 1. The van der Waals surface area contributed by atoms with Crippen LogP contribution in [0.4, 0.5) is 4.79 Å². The van der Waals surface area contributed by atoms with Crippen LogP contribution < -0.4 is 10.6 Å². The molecule has 0 fully saturated rings. The maximum absolute atomic E-state index is 11.6. The minimum absolute atomic E-state index is 0.389. The number of thiophene rings is 1. The van der Waals surface area contributed by atoms with E-state index in [1.807, 2.05) is 20.8 Å². The van der Waals surface area contributed by atoms with Gasteiger partial charge in [0.1, 0.15) is 10.6 Å². The number of carbonyl (C=O) groups is 1. The van der Waals surface area contributed by atoms with Crippen molar-refractivity contribution >= 4 is 34.6 Å². The highest BCUT2D eigenvalue weighted by atomic mass is 32.1. The van der Waals surface area contributed by atoms with Crippen molar-refractivity contribution in [3.63, 3.8) is 0 Å². The maximum Gasteiger partial charge on any atom is 0.407 e. The largest absolute Gasteiger partial charge is 0.444 e. The topological polar surface area (TPSA) is 50.4 Å². The first kappa shape index (κ1) is 14.3. The van der Waals surface area contributed by atoms with E-state index in [1.54, 1.807) is 11.3 Å². The van der Waals surface area contributed by atoms with Crippen LogP contribution in [0.2, 0.25) is 0 Å². The van der Waals surface area contributed by atoms with Gasteiger partial charge in [0.25, 0.3) is 0 Å². The lowest BCUT2D eigenvalue weighted by atomic mass is 10.1. The molecule has 2 heterocycles. The summed E-state index contributed by atoms with van der Waals surface area (Å²) in [5.41, 5.74) is 0.805. The smallest absolute Gasteiger partial charge is 0.407 e. The summed E-state index contributed by atoms with van der Waals surface area (Å²) in [7, 11) is 0. The third-order valence-corrected chi connectivity index (χ3v) is 4.22. The van der Waals surface area contributed by atoms with Gasteiger partial charge in [-0.15, -0.1) is 11.3 Å². The van der Waals surface area contributed by atoms with Crippen LogP contribution in [0.1, 0.15) is 36.1 Å². The maximum atomic E-state index is 11.6. The highest BCUT2D eigenvalue weighted by Crippen LogP contribution is 2.25. The molecular weight excluding hydrogens is 280 g/mol. The molecule has 0 aliphatic carbocycles. The molecule has 0 saturated heterocycles. The molecule has 0 spiro atoms. The van der Waals surface area contributed by atoms with Crippen LogP contribution in [0.5, 0.6) is 0 Å². The molecule has 1 aromatic rings. The molecule has 0 saturated carbocycles. The Hall–Kier alpha value is -1.14. The van der Waals surface area contributed by atoms with Crippen molar-refractivity contribution in [2.75, 3.05) is 6.54 Å². The van der Waals surface area contributed by atoms with Crippen LogP contribution in [-0.4, -0.2) is 23.2 Å². The quantitative estimate of drug-likeness (QED) is 0.824. The fraction of sp³-hybridized carbons (Fsp3) is 0.538. The van der Waals surface area contributed by atoms with Gasteiger partial charge in [-0.3, -0.25) is 0 Å². The Kier molecular flexibility index (Phi) is 4.10. The lowest BCUT2D eigenvalue weighted by molar-refractivity contribution is 0.0524. The molecule has 0 atom stereocenters. The summed E-state index contributed by atoms with van der Waals surface area (Å²) >= 11 is 6.90. The summed E-state index contributed by atoms with van der Waals surface area (Å²) in [6, 6.07) is 2.12. The van der Waals surface area contributed by atoms with Crippen molar-refractivity contribution in [3.05, 3.63) is 21.4 Å². The van der Waals surface area contributed by atoms with Gasteiger partial charge in [0.2, 0.25) is 0 Å². The molecule has 1 amide bonds. The molecule has 19 heavy (non-hydrogen) atoms. The zero-order chi connectivity index (χ0) is 14.0. The lowest BCUT2D eigenvalue weighted by Gasteiger charge is -2.19. The molecule has 1 aromatic heterocycles.